The molecule has 5 nitrogen and oxygen atoms in total. The molecule has 2 heterocycles. The topological polar surface area (TPSA) is 70.7 Å². The summed E-state index contributed by atoms with van der Waals surface area (Å²) >= 11 is 1.50. The highest BCUT2D eigenvalue weighted by Crippen LogP contribution is 2.24. The number of hydrogen-bond acceptors (Lipinski definition) is 5. The van der Waals surface area contributed by atoms with E-state index in [0.29, 0.717) is 27.9 Å². The first-order valence-corrected chi connectivity index (χ1v) is 8.70. The van der Waals surface area contributed by atoms with Gasteiger partial charge in [-0.05, 0) is 25.2 Å². The molecule has 1 aliphatic rings. The number of H-pyrrole nitrogens is 1. The molecule has 1 saturated carbocycles. The molecule has 0 unspecified atom stereocenters. The molecule has 0 saturated heterocycles. The Balaban J connectivity index is 2.01. The highest BCUT2D eigenvalue weighted by molar-refractivity contribution is 7.98. The van der Waals surface area contributed by atoms with Crippen LogP contribution in [-0.2, 0) is 0 Å². The number of nitrogens with one attached hydrogen (secondary N) is 2. The van der Waals surface area contributed by atoms with Gasteiger partial charge in [-0.25, -0.2) is 9.97 Å². The van der Waals surface area contributed by atoms with Crippen molar-refractivity contribution in [3.8, 4) is 0 Å². The summed E-state index contributed by atoms with van der Waals surface area (Å²) in [4.78, 5) is 23.8. The minimum absolute atomic E-state index is 0.128. The maximum absolute atomic E-state index is 12.1. The Kier molecular flexibility index (Phi) is 4.43. The second-order valence-electron chi connectivity index (χ2n) is 5.46. The standard InChI is InChI=1S/C15H20N4OS/c1-21-15-18-11-8-9-16-14(20)12(11)13(19-15)17-10-6-4-2-3-5-7-10/h8-10H,2-7H2,1H3,(H,16,20)(H,17,18,19). The smallest absolute Gasteiger partial charge is 0.261 e. The van der Waals surface area contributed by atoms with Gasteiger partial charge in [-0.3, -0.25) is 4.79 Å². The lowest BCUT2D eigenvalue weighted by Crippen LogP contribution is -2.21. The summed E-state index contributed by atoms with van der Waals surface area (Å²) < 4.78 is 0. The molecule has 0 aromatic carbocycles. The average Bonchev–Trinajstić information content (AvgIpc) is 2.75. The fraction of sp³-hybridized carbons (Fsp3) is 0.533. The summed E-state index contributed by atoms with van der Waals surface area (Å²) in [6, 6.07) is 2.23. The Labute approximate surface area is 128 Å². The van der Waals surface area contributed by atoms with Gasteiger partial charge in [0.1, 0.15) is 11.2 Å². The normalized spacial score (nSPS) is 16.8. The van der Waals surface area contributed by atoms with Crippen LogP contribution in [0, 0.1) is 0 Å². The molecule has 1 fully saturated rings. The SMILES string of the molecule is CSc1nc(NC2CCCCCC2)c2c(=O)[nH]ccc2n1. The molecule has 0 radical (unpaired) electrons. The third kappa shape index (κ3) is 3.20. The molecule has 2 aromatic heterocycles. The fourth-order valence-electron chi connectivity index (χ4n) is 2.88. The van der Waals surface area contributed by atoms with E-state index in [9.17, 15) is 4.79 Å². The van der Waals surface area contributed by atoms with Crippen LogP contribution in [-0.4, -0.2) is 27.2 Å². The predicted octanol–water partition coefficient (Wildman–Crippen LogP) is 3.17. The zero-order chi connectivity index (χ0) is 14.7. The van der Waals surface area contributed by atoms with Gasteiger partial charge >= 0.3 is 0 Å². The molecule has 0 aliphatic heterocycles. The Bertz CT molecular complexity index is 677. The third-order valence-electron chi connectivity index (χ3n) is 3.98. The van der Waals surface area contributed by atoms with Crippen molar-refractivity contribution in [2.24, 2.45) is 0 Å². The summed E-state index contributed by atoms with van der Waals surface area (Å²) in [6.45, 7) is 0. The second kappa shape index (κ2) is 6.47. The van der Waals surface area contributed by atoms with Crippen LogP contribution in [0.15, 0.2) is 22.2 Å². The van der Waals surface area contributed by atoms with E-state index >= 15 is 0 Å². The van der Waals surface area contributed by atoms with Crippen LogP contribution < -0.4 is 10.9 Å². The van der Waals surface area contributed by atoms with E-state index < -0.39 is 0 Å². The van der Waals surface area contributed by atoms with Gasteiger partial charge in [-0.2, -0.15) is 0 Å². The van der Waals surface area contributed by atoms with Gasteiger partial charge < -0.3 is 10.3 Å². The molecule has 21 heavy (non-hydrogen) atoms. The Morgan fingerprint density at radius 1 is 1.24 bits per heavy atom. The molecule has 3 rings (SSSR count). The molecule has 0 spiro atoms. The number of nitrogens with zero attached hydrogens (tertiary/aromatic N) is 2. The first-order valence-electron chi connectivity index (χ1n) is 7.48. The monoisotopic (exact) mass is 304 g/mol. The van der Waals surface area contributed by atoms with E-state index in [1.807, 2.05) is 12.3 Å². The highest BCUT2D eigenvalue weighted by atomic mass is 32.2. The van der Waals surface area contributed by atoms with Crippen molar-refractivity contribution in [1.82, 2.24) is 15.0 Å². The van der Waals surface area contributed by atoms with E-state index in [-0.39, 0.29) is 5.56 Å². The van der Waals surface area contributed by atoms with Crippen LogP contribution in [0.1, 0.15) is 38.5 Å². The van der Waals surface area contributed by atoms with Gasteiger partial charge in [0.25, 0.3) is 5.56 Å². The summed E-state index contributed by atoms with van der Waals surface area (Å²) in [5.74, 6) is 0.679. The van der Waals surface area contributed by atoms with Gasteiger partial charge in [0.15, 0.2) is 5.16 Å². The van der Waals surface area contributed by atoms with Crippen molar-refractivity contribution in [2.75, 3.05) is 11.6 Å². The number of fused-ring (bicyclic) bond motifs is 1. The van der Waals surface area contributed by atoms with Crippen molar-refractivity contribution < 1.29 is 0 Å². The Hall–Kier alpha value is -1.56. The first kappa shape index (κ1) is 14.4. The van der Waals surface area contributed by atoms with Gasteiger partial charge in [0.05, 0.1) is 5.52 Å². The maximum atomic E-state index is 12.1. The number of anilines is 1. The van der Waals surface area contributed by atoms with Crippen molar-refractivity contribution in [3.63, 3.8) is 0 Å². The number of thioether (sulfide) groups is 1. The van der Waals surface area contributed by atoms with Crippen molar-refractivity contribution in [1.29, 1.82) is 0 Å². The molecule has 112 valence electrons. The summed E-state index contributed by atoms with van der Waals surface area (Å²) in [5.41, 5.74) is 0.575. The van der Waals surface area contributed by atoms with Gasteiger partial charge in [0.2, 0.25) is 0 Å². The van der Waals surface area contributed by atoms with Gasteiger partial charge in [0, 0.05) is 12.2 Å². The lowest BCUT2D eigenvalue weighted by Gasteiger charge is -2.18. The van der Waals surface area contributed by atoms with Gasteiger partial charge in [-0.15, -0.1) is 0 Å². The van der Waals surface area contributed by atoms with E-state index in [2.05, 4.69) is 20.3 Å². The predicted molar refractivity (Wildman–Crippen MR) is 87.1 cm³/mol. The molecule has 6 heteroatoms. The fourth-order valence-corrected chi connectivity index (χ4v) is 3.25. The molecular weight excluding hydrogens is 284 g/mol. The number of aromatic nitrogens is 3. The quantitative estimate of drug-likeness (QED) is 0.518. The van der Waals surface area contributed by atoms with E-state index in [4.69, 9.17) is 0 Å². The minimum Gasteiger partial charge on any atom is -0.367 e. The third-order valence-corrected chi connectivity index (χ3v) is 4.53. The first-order chi connectivity index (χ1) is 10.3. The van der Waals surface area contributed by atoms with Crippen molar-refractivity contribution in [2.45, 2.75) is 49.7 Å². The second-order valence-corrected chi connectivity index (χ2v) is 6.23. The zero-order valence-electron chi connectivity index (χ0n) is 12.2. The van der Waals surface area contributed by atoms with Crippen LogP contribution in [0.3, 0.4) is 0 Å². The number of aromatic amines is 1. The molecule has 0 amide bonds. The van der Waals surface area contributed by atoms with E-state index in [1.54, 1.807) is 6.20 Å². The van der Waals surface area contributed by atoms with Crippen molar-refractivity contribution >= 4 is 28.5 Å². The highest BCUT2D eigenvalue weighted by Gasteiger charge is 2.16. The van der Waals surface area contributed by atoms with E-state index in [0.717, 1.165) is 12.8 Å². The number of hydrogen-bond donors (Lipinski definition) is 2. The van der Waals surface area contributed by atoms with Crippen LogP contribution in [0.4, 0.5) is 5.82 Å². The summed E-state index contributed by atoms with van der Waals surface area (Å²) in [6.07, 6.45) is 11.0. The number of pyridine rings is 1. The Morgan fingerprint density at radius 2 is 2.00 bits per heavy atom. The average molecular weight is 304 g/mol. The molecule has 2 N–H and O–H groups in total. The summed E-state index contributed by atoms with van der Waals surface area (Å²) in [5, 5.41) is 4.76. The Morgan fingerprint density at radius 3 is 2.71 bits per heavy atom. The molecule has 0 atom stereocenters. The minimum atomic E-state index is -0.128. The lowest BCUT2D eigenvalue weighted by molar-refractivity contribution is 0.617. The van der Waals surface area contributed by atoms with Crippen molar-refractivity contribution in [3.05, 3.63) is 22.6 Å². The number of rotatable bonds is 3. The molecule has 1 aliphatic carbocycles. The molecule has 2 aromatic rings. The summed E-state index contributed by atoms with van der Waals surface area (Å²) in [7, 11) is 0. The van der Waals surface area contributed by atoms with Gasteiger partial charge in [-0.1, -0.05) is 37.4 Å². The van der Waals surface area contributed by atoms with Crippen LogP contribution in [0.25, 0.3) is 10.9 Å². The zero-order valence-corrected chi connectivity index (χ0v) is 13.0. The molecular formula is C15H20N4OS. The molecule has 0 bridgehead atoms. The maximum Gasteiger partial charge on any atom is 0.261 e. The lowest BCUT2D eigenvalue weighted by atomic mass is 10.1. The largest absolute Gasteiger partial charge is 0.367 e. The van der Waals surface area contributed by atoms with Crippen LogP contribution >= 0.6 is 11.8 Å². The van der Waals surface area contributed by atoms with Crippen LogP contribution in [0.5, 0.6) is 0 Å². The van der Waals surface area contributed by atoms with Crippen LogP contribution in [0.2, 0.25) is 0 Å². The van der Waals surface area contributed by atoms with E-state index in [1.165, 1.54) is 37.4 Å².